The number of thiocarbonyl (C=S) groups is 1. The van der Waals surface area contributed by atoms with Gasteiger partial charge in [0, 0.05) is 17.8 Å². The first kappa shape index (κ1) is 31.1. The minimum atomic E-state index is -0.446. The van der Waals surface area contributed by atoms with Gasteiger partial charge in [0.1, 0.15) is 9.32 Å². The van der Waals surface area contributed by atoms with E-state index < -0.39 is 5.97 Å². The second-order valence-electron chi connectivity index (χ2n) is 9.98. The van der Waals surface area contributed by atoms with E-state index in [1.807, 2.05) is 32.0 Å². The summed E-state index contributed by atoms with van der Waals surface area (Å²) in [7, 11) is 1.61. The molecule has 1 saturated heterocycles. The zero-order chi connectivity index (χ0) is 29.5. The maximum Gasteiger partial charge on any atom is 0.341 e. The van der Waals surface area contributed by atoms with E-state index in [4.69, 9.17) is 26.4 Å². The van der Waals surface area contributed by atoms with E-state index in [1.54, 1.807) is 20.1 Å². The molecule has 0 atom stereocenters. The Morgan fingerprint density at radius 1 is 1.17 bits per heavy atom. The van der Waals surface area contributed by atoms with Crippen molar-refractivity contribution in [3.05, 3.63) is 44.7 Å². The van der Waals surface area contributed by atoms with Crippen LogP contribution in [0.4, 0.5) is 5.00 Å². The molecule has 1 aliphatic heterocycles. The standard InChI is InChI=1S/C30H36N2O6S3/c1-5-37-29(35)26-18(2)19(3)40-27(26)31-25(33)12-9-15-32-28(34)24(41-30(32)39)17-20-13-14-22(23(16-20)36-4)38-21-10-7-6-8-11-21/h13-14,16-17,21H,5-12,15H2,1-4H3,(H,31,33)/b24-17-. The van der Waals surface area contributed by atoms with Crippen molar-refractivity contribution in [1.29, 1.82) is 0 Å². The Bertz CT molecular complexity index is 1350. The van der Waals surface area contributed by atoms with E-state index in [2.05, 4.69) is 5.32 Å². The van der Waals surface area contributed by atoms with Gasteiger partial charge in [-0.1, -0.05) is 36.5 Å². The average Bonchev–Trinajstić information content (AvgIpc) is 3.38. The number of hydrogen-bond donors (Lipinski definition) is 1. The third-order valence-corrected chi connectivity index (χ3v) is 9.61. The van der Waals surface area contributed by atoms with Gasteiger partial charge >= 0.3 is 5.97 Å². The number of benzene rings is 1. The maximum absolute atomic E-state index is 13.1. The number of anilines is 1. The molecule has 220 valence electrons. The Labute approximate surface area is 254 Å². The highest BCUT2D eigenvalue weighted by Crippen LogP contribution is 2.36. The predicted octanol–water partition coefficient (Wildman–Crippen LogP) is 6.88. The number of carbonyl (C=O) groups excluding carboxylic acids is 3. The molecule has 4 rings (SSSR count). The summed E-state index contributed by atoms with van der Waals surface area (Å²) >= 11 is 8.07. The molecule has 41 heavy (non-hydrogen) atoms. The van der Waals surface area contributed by atoms with Gasteiger partial charge in [0.25, 0.3) is 5.91 Å². The monoisotopic (exact) mass is 616 g/mol. The highest BCUT2D eigenvalue weighted by atomic mass is 32.2. The highest BCUT2D eigenvalue weighted by Gasteiger charge is 2.32. The molecule has 0 bridgehead atoms. The molecule has 11 heteroatoms. The van der Waals surface area contributed by atoms with Crippen LogP contribution in [0.1, 0.15) is 78.2 Å². The largest absolute Gasteiger partial charge is 0.493 e. The zero-order valence-corrected chi connectivity index (χ0v) is 26.3. The average molecular weight is 617 g/mol. The molecule has 2 fully saturated rings. The lowest BCUT2D eigenvalue weighted by molar-refractivity contribution is -0.122. The zero-order valence-electron chi connectivity index (χ0n) is 23.9. The van der Waals surface area contributed by atoms with Crippen LogP contribution in [0.25, 0.3) is 6.08 Å². The minimum Gasteiger partial charge on any atom is -0.493 e. The number of nitrogens with zero attached hydrogens (tertiary/aromatic N) is 1. The van der Waals surface area contributed by atoms with Crippen molar-refractivity contribution in [2.24, 2.45) is 0 Å². The van der Waals surface area contributed by atoms with Crippen molar-refractivity contribution in [1.82, 2.24) is 4.90 Å². The lowest BCUT2D eigenvalue weighted by Crippen LogP contribution is -2.29. The number of amides is 2. The van der Waals surface area contributed by atoms with Crippen molar-refractivity contribution in [3.8, 4) is 11.5 Å². The fraction of sp³-hybridized carbons (Fsp3) is 0.467. The second kappa shape index (κ2) is 14.3. The summed E-state index contributed by atoms with van der Waals surface area (Å²) in [6.45, 7) is 6.06. The van der Waals surface area contributed by atoms with Crippen molar-refractivity contribution in [2.75, 3.05) is 25.6 Å². The van der Waals surface area contributed by atoms with Crippen LogP contribution in [0.15, 0.2) is 23.1 Å². The number of carbonyl (C=O) groups is 3. The Morgan fingerprint density at radius 2 is 1.93 bits per heavy atom. The number of rotatable bonds is 11. The van der Waals surface area contributed by atoms with Gasteiger partial charge in [0.05, 0.1) is 30.3 Å². The first-order valence-electron chi connectivity index (χ1n) is 13.9. The van der Waals surface area contributed by atoms with Gasteiger partial charge in [-0.3, -0.25) is 14.5 Å². The van der Waals surface area contributed by atoms with Crippen molar-refractivity contribution < 1.29 is 28.6 Å². The van der Waals surface area contributed by atoms with Gasteiger partial charge in [-0.25, -0.2) is 4.79 Å². The Morgan fingerprint density at radius 3 is 2.63 bits per heavy atom. The maximum atomic E-state index is 13.1. The molecule has 0 radical (unpaired) electrons. The fourth-order valence-corrected chi connectivity index (χ4v) is 7.20. The van der Waals surface area contributed by atoms with Crippen LogP contribution in [-0.4, -0.2) is 53.4 Å². The molecule has 1 aromatic carbocycles. The highest BCUT2D eigenvalue weighted by molar-refractivity contribution is 8.26. The molecule has 2 amide bonds. The summed E-state index contributed by atoms with van der Waals surface area (Å²) in [6.07, 6.45) is 8.34. The molecule has 1 N–H and O–H groups in total. The van der Waals surface area contributed by atoms with Crippen LogP contribution in [0.2, 0.25) is 0 Å². The number of thioether (sulfide) groups is 1. The topological polar surface area (TPSA) is 94.2 Å². The molecule has 0 unspecified atom stereocenters. The van der Waals surface area contributed by atoms with E-state index in [0.29, 0.717) is 44.3 Å². The van der Waals surface area contributed by atoms with E-state index in [9.17, 15) is 14.4 Å². The molecular formula is C30H36N2O6S3. The first-order valence-corrected chi connectivity index (χ1v) is 15.9. The Hall–Kier alpha value is -2.89. The van der Waals surface area contributed by atoms with E-state index >= 15 is 0 Å². The van der Waals surface area contributed by atoms with Crippen LogP contribution in [0, 0.1) is 13.8 Å². The van der Waals surface area contributed by atoms with Crippen LogP contribution in [0.5, 0.6) is 11.5 Å². The van der Waals surface area contributed by atoms with E-state index in [-0.39, 0.29) is 30.9 Å². The summed E-state index contributed by atoms with van der Waals surface area (Å²) in [5, 5.41) is 3.33. The molecule has 2 heterocycles. The smallest absolute Gasteiger partial charge is 0.341 e. The Balaban J connectivity index is 1.34. The van der Waals surface area contributed by atoms with Gasteiger partial charge in [-0.15, -0.1) is 11.3 Å². The fourth-order valence-electron chi connectivity index (χ4n) is 4.83. The molecule has 2 aromatic rings. The van der Waals surface area contributed by atoms with Gasteiger partial charge in [0.15, 0.2) is 11.5 Å². The first-order chi connectivity index (χ1) is 19.7. The molecule has 1 aromatic heterocycles. The number of ether oxygens (including phenoxy) is 3. The molecule has 8 nitrogen and oxygen atoms in total. The summed E-state index contributed by atoms with van der Waals surface area (Å²) in [4.78, 5) is 41.2. The van der Waals surface area contributed by atoms with Crippen LogP contribution >= 0.6 is 35.3 Å². The number of aryl methyl sites for hydroxylation is 1. The summed E-state index contributed by atoms with van der Waals surface area (Å²) < 4.78 is 17.4. The predicted molar refractivity (Wildman–Crippen MR) is 168 cm³/mol. The normalized spacial score (nSPS) is 16.8. The van der Waals surface area contributed by atoms with E-state index in [1.165, 1.54) is 47.3 Å². The van der Waals surface area contributed by atoms with Crippen LogP contribution < -0.4 is 14.8 Å². The van der Waals surface area contributed by atoms with Gasteiger partial charge in [-0.05, 0) is 82.2 Å². The van der Waals surface area contributed by atoms with Crippen molar-refractivity contribution in [3.63, 3.8) is 0 Å². The third kappa shape index (κ3) is 7.69. The number of thiophene rings is 1. The van der Waals surface area contributed by atoms with Crippen molar-refractivity contribution >= 4 is 68.5 Å². The molecule has 0 spiro atoms. The number of hydrogen-bond acceptors (Lipinski definition) is 9. The van der Waals surface area contributed by atoms with Crippen LogP contribution in [0.3, 0.4) is 0 Å². The van der Waals surface area contributed by atoms with Gasteiger partial charge in [0.2, 0.25) is 5.91 Å². The number of methoxy groups -OCH3 is 1. The van der Waals surface area contributed by atoms with Gasteiger partial charge < -0.3 is 19.5 Å². The summed E-state index contributed by atoms with van der Waals surface area (Å²) in [5.41, 5.74) is 2.02. The third-order valence-electron chi connectivity index (χ3n) is 7.11. The Kier molecular flexibility index (Phi) is 10.9. The number of esters is 1. The number of nitrogens with one attached hydrogen (secondary N) is 1. The summed E-state index contributed by atoms with van der Waals surface area (Å²) in [6, 6.07) is 5.67. The lowest BCUT2D eigenvalue weighted by Gasteiger charge is -2.24. The van der Waals surface area contributed by atoms with Crippen LogP contribution in [-0.2, 0) is 14.3 Å². The van der Waals surface area contributed by atoms with E-state index in [0.717, 1.165) is 28.8 Å². The minimum absolute atomic E-state index is 0.175. The quantitative estimate of drug-likeness (QED) is 0.166. The lowest BCUT2D eigenvalue weighted by atomic mass is 9.98. The van der Waals surface area contributed by atoms with Gasteiger partial charge in [-0.2, -0.15) is 0 Å². The molecule has 1 aliphatic carbocycles. The summed E-state index contributed by atoms with van der Waals surface area (Å²) in [5.74, 6) is 0.479. The molecule has 1 saturated carbocycles. The second-order valence-corrected chi connectivity index (χ2v) is 12.9. The SMILES string of the molecule is CCOC(=O)c1c(NC(=O)CCCN2C(=O)/C(=C/c3ccc(OC4CCCCC4)c(OC)c3)SC2=S)sc(C)c1C. The molecule has 2 aliphatic rings. The molecular weight excluding hydrogens is 581 g/mol. The van der Waals surface area contributed by atoms with Crippen molar-refractivity contribution in [2.45, 2.75) is 71.8 Å².